The summed E-state index contributed by atoms with van der Waals surface area (Å²) in [6.45, 7) is 9.79. The van der Waals surface area contributed by atoms with E-state index < -0.39 is 0 Å². The molecule has 19 heavy (non-hydrogen) atoms. The van der Waals surface area contributed by atoms with E-state index in [4.69, 9.17) is 0 Å². The Morgan fingerprint density at radius 2 is 2.21 bits per heavy atom. The highest BCUT2D eigenvalue weighted by atomic mass is 15.2. The molecule has 2 atom stereocenters. The highest BCUT2D eigenvalue weighted by Crippen LogP contribution is 2.14. The molecular weight excluding hydrogens is 236 g/mol. The summed E-state index contributed by atoms with van der Waals surface area (Å²) in [5.41, 5.74) is 3.59. The van der Waals surface area contributed by atoms with Gasteiger partial charge in [0.25, 0.3) is 0 Å². The molecule has 1 fully saturated rings. The predicted octanol–water partition coefficient (Wildman–Crippen LogP) is 1.82. The maximum atomic E-state index is 4.49. The Labute approximate surface area is 114 Å². The van der Waals surface area contributed by atoms with Crippen molar-refractivity contribution < 1.29 is 0 Å². The van der Waals surface area contributed by atoms with Crippen LogP contribution in [0.2, 0.25) is 0 Å². The number of fused-ring (bicyclic) bond motifs is 1. The van der Waals surface area contributed by atoms with Gasteiger partial charge in [0.05, 0.1) is 11.9 Å². The first-order chi connectivity index (χ1) is 9.13. The van der Waals surface area contributed by atoms with Crippen molar-refractivity contribution in [3.05, 3.63) is 35.8 Å². The normalized spacial score (nSPS) is 25.0. The molecule has 1 aliphatic heterocycles. The minimum absolute atomic E-state index is 0.567. The number of aryl methyl sites for hydroxylation is 1. The van der Waals surface area contributed by atoms with Gasteiger partial charge in [-0.05, 0) is 32.4 Å². The maximum absolute atomic E-state index is 4.49. The van der Waals surface area contributed by atoms with E-state index in [0.29, 0.717) is 12.1 Å². The van der Waals surface area contributed by atoms with E-state index in [-0.39, 0.29) is 0 Å². The van der Waals surface area contributed by atoms with Crippen LogP contribution in [-0.2, 0) is 6.54 Å². The summed E-state index contributed by atoms with van der Waals surface area (Å²) in [6, 6.07) is 5.34. The second kappa shape index (κ2) is 4.94. The lowest BCUT2D eigenvalue weighted by Gasteiger charge is -2.37. The van der Waals surface area contributed by atoms with E-state index in [9.17, 15) is 0 Å². The molecule has 3 rings (SSSR count). The van der Waals surface area contributed by atoms with Crippen LogP contribution >= 0.6 is 0 Å². The van der Waals surface area contributed by atoms with E-state index in [1.807, 2.05) is 6.20 Å². The average molecular weight is 258 g/mol. The third-order valence-electron chi connectivity index (χ3n) is 3.99. The van der Waals surface area contributed by atoms with E-state index in [0.717, 1.165) is 25.3 Å². The summed E-state index contributed by atoms with van der Waals surface area (Å²) < 4.78 is 2.22. The second-order valence-corrected chi connectivity index (χ2v) is 5.77. The third-order valence-corrected chi connectivity index (χ3v) is 3.99. The minimum atomic E-state index is 0.567. The molecule has 2 aromatic heterocycles. The zero-order valence-electron chi connectivity index (χ0n) is 11.9. The summed E-state index contributed by atoms with van der Waals surface area (Å²) in [5, 5.41) is 3.52. The molecule has 0 bridgehead atoms. The topological polar surface area (TPSA) is 32.6 Å². The molecule has 0 radical (unpaired) electrons. The third kappa shape index (κ3) is 2.51. The molecule has 0 spiro atoms. The lowest BCUT2D eigenvalue weighted by Crippen LogP contribution is -2.53. The van der Waals surface area contributed by atoms with Crippen molar-refractivity contribution >= 4 is 5.65 Å². The van der Waals surface area contributed by atoms with Crippen LogP contribution in [0, 0.1) is 6.92 Å². The van der Waals surface area contributed by atoms with Gasteiger partial charge < -0.3 is 9.72 Å². The van der Waals surface area contributed by atoms with Crippen LogP contribution in [0.1, 0.15) is 25.1 Å². The molecule has 1 N–H and O–H groups in total. The molecular formula is C15H22N4. The Morgan fingerprint density at radius 1 is 1.37 bits per heavy atom. The standard InChI is InChI=1S/C15H22N4/c1-11-4-5-15-17-7-14(19(15)8-11)10-18-9-12(2)16-6-13(18)3/h4-5,7-8,12-13,16H,6,9-10H2,1-3H3. The zero-order chi connectivity index (χ0) is 13.4. The Kier molecular flexibility index (Phi) is 3.29. The van der Waals surface area contributed by atoms with Crippen LogP contribution in [0.3, 0.4) is 0 Å². The lowest BCUT2D eigenvalue weighted by molar-refractivity contribution is 0.137. The number of piperazine rings is 1. The first-order valence-corrected chi connectivity index (χ1v) is 7.03. The van der Waals surface area contributed by atoms with Crippen molar-refractivity contribution in [3.63, 3.8) is 0 Å². The Bertz CT molecular complexity index is 575. The van der Waals surface area contributed by atoms with E-state index >= 15 is 0 Å². The Balaban J connectivity index is 1.86. The fourth-order valence-corrected chi connectivity index (χ4v) is 2.78. The van der Waals surface area contributed by atoms with E-state index in [1.165, 1.54) is 11.3 Å². The van der Waals surface area contributed by atoms with E-state index in [1.54, 1.807) is 0 Å². The van der Waals surface area contributed by atoms with Crippen LogP contribution in [-0.4, -0.2) is 39.5 Å². The maximum Gasteiger partial charge on any atom is 0.136 e. The summed E-state index contributed by atoms with van der Waals surface area (Å²) in [7, 11) is 0. The first-order valence-electron chi connectivity index (χ1n) is 7.03. The number of nitrogens with zero attached hydrogens (tertiary/aromatic N) is 3. The summed E-state index contributed by atoms with van der Waals surface area (Å²) >= 11 is 0. The van der Waals surface area contributed by atoms with Crippen molar-refractivity contribution in [1.29, 1.82) is 0 Å². The highest BCUT2D eigenvalue weighted by molar-refractivity contribution is 5.41. The number of pyridine rings is 1. The van der Waals surface area contributed by atoms with Gasteiger partial charge in [0.2, 0.25) is 0 Å². The molecule has 1 aliphatic rings. The number of imidazole rings is 1. The molecule has 0 aliphatic carbocycles. The lowest BCUT2D eigenvalue weighted by atomic mass is 10.1. The second-order valence-electron chi connectivity index (χ2n) is 5.77. The van der Waals surface area contributed by atoms with Gasteiger partial charge in [-0.2, -0.15) is 0 Å². The van der Waals surface area contributed by atoms with Gasteiger partial charge in [0.15, 0.2) is 0 Å². The number of hydrogen-bond donors (Lipinski definition) is 1. The molecule has 0 amide bonds. The van der Waals surface area contributed by atoms with Crippen LogP contribution in [0.4, 0.5) is 0 Å². The summed E-state index contributed by atoms with van der Waals surface area (Å²) in [5.74, 6) is 0. The minimum Gasteiger partial charge on any atom is -0.311 e. The van der Waals surface area contributed by atoms with Gasteiger partial charge in [-0.15, -0.1) is 0 Å². The molecule has 0 aromatic carbocycles. The van der Waals surface area contributed by atoms with Gasteiger partial charge in [0, 0.05) is 37.9 Å². The number of aromatic nitrogens is 2. The molecule has 4 heteroatoms. The molecule has 0 saturated carbocycles. The SMILES string of the molecule is Cc1ccc2ncc(CN3CC(C)NCC3C)n2c1. The van der Waals surface area contributed by atoms with Gasteiger partial charge in [-0.25, -0.2) is 4.98 Å². The van der Waals surface area contributed by atoms with Gasteiger partial charge in [0.1, 0.15) is 5.65 Å². The summed E-state index contributed by atoms with van der Waals surface area (Å²) in [4.78, 5) is 7.02. The van der Waals surface area contributed by atoms with Gasteiger partial charge in [-0.1, -0.05) is 6.07 Å². The van der Waals surface area contributed by atoms with Gasteiger partial charge in [-0.3, -0.25) is 4.90 Å². The monoisotopic (exact) mass is 258 g/mol. The fourth-order valence-electron chi connectivity index (χ4n) is 2.78. The van der Waals surface area contributed by atoms with E-state index in [2.05, 4.69) is 58.7 Å². The molecule has 1 saturated heterocycles. The highest BCUT2D eigenvalue weighted by Gasteiger charge is 2.23. The van der Waals surface area contributed by atoms with Crippen molar-refractivity contribution in [2.45, 2.75) is 39.4 Å². The fraction of sp³-hybridized carbons (Fsp3) is 0.533. The van der Waals surface area contributed by atoms with Crippen LogP contribution < -0.4 is 5.32 Å². The van der Waals surface area contributed by atoms with Gasteiger partial charge >= 0.3 is 0 Å². The Morgan fingerprint density at radius 3 is 3.05 bits per heavy atom. The summed E-state index contributed by atoms with van der Waals surface area (Å²) in [6.07, 6.45) is 4.18. The van der Waals surface area contributed by atoms with Crippen molar-refractivity contribution in [2.24, 2.45) is 0 Å². The number of hydrogen-bond acceptors (Lipinski definition) is 3. The Hall–Kier alpha value is -1.39. The van der Waals surface area contributed by atoms with Crippen LogP contribution in [0.5, 0.6) is 0 Å². The molecule has 2 aromatic rings. The first kappa shape index (κ1) is 12.6. The predicted molar refractivity (Wildman–Crippen MR) is 77.3 cm³/mol. The average Bonchev–Trinajstić information content (AvgIpc) is 2.77. The van der Waals surface area contributed by atoms with Crippen LogP contribution in [0.15, 0.2) is 24.5 Å². The number of rotatable bonds is 2. The molecule has 2 unspecified atom stereocenters. The molecule has 102 valence electrons. The van der Waals surface area contributed by atoms with Crippen LogP contribution in [0.25, 0.3) is 5.65 Å². The van der Waals surface area contributed by atoms with Crippen molar-refractivity contribution in [2.75, 3.05) is 13.1 Å². The molecule has 3 heterocycles. The smallest absolute Gasteiger partial charge is 0.136 e. The van der Waals surface area contributed by atoms with Crippen molar-refractivity contribution in [3.8, 4) is 0 Å². The zero-order valence-corrected chi connectivity index (χ0v) is 11.9. The van der Waals surface area contributed by atoms with Crippen molar-refractivity contribution in [1.82, 2.24) is 19.6 Å². The largest absolute Gasteiger partial charge is 0.311 e. The molecule has 4 nitrogen and oxygen atoms in total. The number of nitrogens with one attached hydrogen (secondary N) is 1. The quantitative estimate of drug-likeness (QED) is 0.892.